The Morgan fingerprint density at radius 1 is 1.22 bits per heavy atom. The Bertz CT molecular complexity index is 631. The highest BCUT2D eigenvalue weighted by molar-refractivity contribution is 6.33. The highest BCUT2D eigenvalue weighted by atomic mass is 35.5. The molecular weight excluding hydrogens is 356 g/mol. The topological polar surface area (TPSA) is 61.7 Å². The molecule has 0 aliphatic heterocycles. The van der Waals surface area contributed by atoms with Gasteiger partial charge in [-0.25, -0.2) is 9.97 Å². The number of hydrogen-bond acceptors (Lipinski definition) is 4. The van der Waals surface area contributed by atoms with Crippen LogP contribution in [-0.4, -0.2) is 22.2 Å². The second-order valence-corrected chi connectivity index (χ2v) is 7.84. The molecule has 2 saturated carbocycles. The number of nitrogens with zero attached hydrogens (tertiary/aromatic N) is 2. The van der Waals surface area contributed by atoms with E-state index in [1.807, 2.05) is 13.8 Å². The van der Waals surface area contributed by atoms with Crippen LogP contribution in [0.15, 0.2) is 11.8 Å². The molecule has 0 radical (unpaired) electrons. The Hall–Kier alpha value is -1.42. The van der Waals surface area contributed by atoms with Gasteiger partial charge in [0.05, 0.1) is 16.9 Å². The summed E-state index contributed by atoms with van der Waals surface area (Å²) in [4.78, 5) is 9.08. The summed E-state index contributed by atoms with van der Waals surface area (Å²) in [6.07, 6.45) is 15.1. The van der Waals surface area contributed by atoms with Gasteiger partial charge in [-0.3, -0.25) is 0 Å². The van der Waals surface area contributed by atoms with E-state index < -0.39 is 0 Å². The molecule has 5 heteroatoms. The van der Waals surface area contributed by atoms with Gasteiger partial charge in [0.25, 0.3) is 0 Å². The van der Waals surface area contributed by atoms with Crippen molar-refractivity contribution in [1.29, 1.82) is 5.41 Å². The van der Waals surface area contributed by atoms with Crippen molar-refractivity contribution in [3.63, 3.8) is 0 Å². The molecule has 150 valence electrons. The molecule has 0 bridgehead atoms. The van der Waals surface area contributed by atoms with Crippen LogP contribution in [0, 0.1) is 11.3 Å². The van der Waals surface area contributed by atoms with Gasteiger partial charge in [-0.15, -0.1) is 0 Å². The molecule has 0 atom stereocenters. The molecular formula is C22H35ClN4. The average Bonchev–Trinajstić information content (AvgIpc) is 3.51. The first-order valence-corrected chi connectivity index (χ1v) is 11.1. The first-order chi connectivity index (χ1) is 13.2. The zero-order valence-electron chi connectivity index (χ0n) is 17.2. The van der Waals surface area contributed by atoms with Crippen LogP contribution >= 0.6 is 11.6 Å². The van der Waals surface area contributed by atoms with Crippen molar-refractivity contribution >= 4 is 29.3 Å². The lowest BCUT2D eigenvalue weighted by atomic mass is 9.95. The first-order valence-electron chi connectivity index (χ1n) is 10.7. The molecule has 0 saturated heterocycles. The minimum atomic E-state index is 0.455. The van der Waals surface area contributed by atoms with Crippen LogP contribution in [0.1, 0.15) is 90.7 Å². The lowest BCUT2D eigenvalue weighted by Crippen LogP contribution is -2.23. The summed E-state index contributed by atoms with van der Waals surface area (Å²) in [7, 11) is 0. The molecule has 2 N–H and O–H groups in total. The van der Waals surface area contributed by atoms with E-state index in [9.17, 15) is 0 Å². The molecule has 1 heterocycles. The summed E-state index contributed by atoms with van der Waals surface area (Å²) in [6, 6.07) is 0.455. The average molecular weight is 391 g/mol. The van der Waals surface area contributed by atoms with Gasteiger partial charge >= 0.3 is 0 Å². The number of hydrogen-bond donors (Lipinski definition) is 2. The van der Waals surface area contributed by atoms with Crippen molar-refractivity contribution in [2.75, 3.05) is 5.32 Å². The van der Waals surface area contributed by atoms with Crippen LogP contribution in [-0.2, 0) is 0 Å². The highest BCUT2D eigenvalue weighted by Gasteiger charge is 2.25. The second kappa shape index (κ2) is 11.4. The number of aromatic nitrogens is 2. The zero-order valence-corrected chi connectivity index (χ0v) is 17.9. The van der Waals surface area contributed by atoms with Crippen molar-refractivity contribution < 1.29 is 0 Å². The minimum absolute atomic E-state index is 0.455. The molecule has 0 aromatic carbocycles. The largest absolute Gasteiger partial charge is 0.351 e. The number of allylic oxidation sites excluding steroid dienone is 2. The third-order valence-electron chi connectivity index (χ3n) is 5.25. The van der Waals surface area contributed by atoms with Gasteiger partial charge in [-0.1, -0.05) is 63.6 Å². The Morgan fingerprint density at radius 2 is 1.93 bits per heavy atom. The number of halogens is 1. The number of anilines is 1. The lowest BCUT2D eigenvalue weighted by Gasteiger charge is -2.23. The van der Waals surface area contributed by atoms with Gasteiger partial charge in [0.15, 0.2) is 0 Å². The summed E-state index contributed by atoms with van der Waals surface area (Å²) >= 11 is 6.42. The first kappa shape index (κ1) is 21.9. The van der Waals surface area contributed by atoms with Gasteiger partial charge in [0, 0.05) is 17.8 Å². The van der Waals surface area contributed by atoms with E-state index in [1.165, 1.54) is 56.7 Å². The Morgan fingerprint density at radius 3 is 2.52 bits per heavy atom. The monoisotopic (exact) mass is 390 g/mol. The highest BCUT2D eigenvalue weighted by Crippen LogP contribution is 2.39. The quantitative estimate of drug-likeness (QED) is 0.474. The van der Waals surface area contributed by atoms with Crippen molar-refractivity contribution in [3.05, 3.63) is 22.5 Å². The predicted octanol–water partition coefficient (Wildman–Crippen LogP) is 6.90. The molecule has 2 aliphatic carbocycles. The maximum atomic E-state index is 7.97. The molecule has 2 aliphatic rings. The summed E-state index contributed by atoms with van der Waals surface area (Å²) in [5.74, 6) is 1.44. The molecule has 4 nitrogen and oxygen atoms in total. The van der Waals surface area contributed by atoms with Gasteiger partial charge in [-0.05, 0) is 44.4 Å². The van der Waals surface area contributed by atoms with E-state index in [2.05, 4.69) is 17.2 Å². The molecule has 3 rings (SSSR count). The smallest absolute Gasteiger partial charge is 0.223 e. The van der Waals surface area contributed by atoms with Gasteiger partial charge in [0.2, 0.25) is 5.95 Å². The summed E-state index contributed by atoms with van der Waals surface area (Å²) in [6.45, 7) is 6.19. The lowest BCUT2D eigenvalue weighted by molar-refractivity contribution is 0.461. The van der Waals surface area contributed by atoms with Crippen LogP contribution in [0.5, 0.6) is 0 Å². The molecule has 2 fully saturated rings. The van der Waals surface area contributed by atoms with Crippen molar-refractivity contribution in [3.8, 4) is 0 Å². The molecule has 1 aromatic rings. The fraction of sp³-hybridized carbons (Fsp3) is 0.682. The minimum Gasteiger partial charge on any atom is -0.351 e. The molecule has 27 heavy (non-hydrogen) atoms. The van der Waals surface area contributed by atoms with Crippen molar-refractivity contribution in [2.45, 2.75) is 91.0 Å². The van der Waals surface area contributed by atoms with Gasteiger partial charge in [-0.2, -0.15) is 0 Å². The SMILES string of the molecule is CC.CCC/C(CC1CC1)=C(\C=N)c1nc(NC2CCCCC2)ncc1Cl. The normalized spacial score (nSPS) is 18.2. The molecule has 0 spiro atoms. The van der Waals surface area contributed by atoms with E-state index in [0.29, 0.717) is 22.7 Å². The maximum Gasteiger partial charge on any atom is 0.223 e. The fourth-order valence-corrected chi connectivity index (χ4v) is 3.90. The Kier molecular flexibility index (Phi) is 9.26. The van der Waals surface area contributed by atoms with Crippen LogP contribution in [0.25, 0.3) is 5.57 Å². The van der Waals surface area contributed by atoms with Crippen molar-refractivity contribution in [1.82, 2.24) is 9.97 Å². The van der Waals surface area contributed by atoms with Crippen LogP contribution in [0.2, 0.25) is 5.02 Å². The fourth-order valence-electron chi connectivity index (χ4n) is 3.71. The van der Waals surface area contributed by atoms with Crippen molar-refractivity contribution in [2.24, 2.45) is 5.92 Å². The number of rotatable bonds is 8. The summed E-state index contributed by atoms with van der Waals surface area (Å²) in [5, 5.41) is 12.0. The molecule has 1 aromatic heterocycles. The van der Waals surface area contributed by atoms with E-state index in [0.717, 1.165) is 30.8 Å². The third kappa shape index (κ3) is 6.60. The van der Waals surface area contributed by atoms with Crippen LogP contribution in [0.3, 0.4) is 0 Å². The standard InChI is InChI=1S/C20H29ClN4.C2H6/c1-2-6-15(11-14-9-10-14)17(12-22)19-18(21)13-23-20(25-19)24-16-7-4-3-5-8-16;1-2/h12-14,16,22H,2-11H2,1H3,(H,23,24,25);1-2H3/b17-15-,22-12?;. The zero-order chi connectivity index (χ0) is 19.6. The van der Waals surface area contributed by atoms with Crippen LogP contribution in [0.4, 0.5) is 5.95 Å². The van der Waals surface area contributed by atoms with Crippen LogP contribution < -0.4 is 5.32 Å². The number of nitrogens with one attached hydrogen (secondary N) is 2. The van der Waals surface area contributed by atoms with E-state index in [1.54, 1.807) is 6.20 Å². The molecule has 0 unspecified atom stereocenters. The van der Waals surface area contributed by atoms with Gasteiger partial charge < -0.3 is 10.7 Å². The second-order valence-electron chi connectivity index (χ2n) is 7.43. The Labute approximate surface area is 169 Å². The molecule has 0 amide bonds. The Balaban J connectivity index is 0.00000126. The van der Waals surface area contributed by atoms with E-state index in [-0.39, 0.29) is 0 Å². The third-order valence-corrected chi connectivity index (χ3v) is 5.52. The van der Waals surface area contributed by atoms with E-state index >= 15 is 0 Å². The summed E-state index contributed by atoms with van der Waals surface area (Å²) in [5.41, 5.74) is 2.94. The van der Waals surface area contributed by atoms with E-state index in [4.69, 9.17) is 22.0 Å². The summed E-state index contributed by atoms with van der Waals surface area (Å²) < 4.78 is 0. The van der Waals surface area contributed by atoms with Gasteiger partial charge in [0.1, 0.15) is 0 Å². The maximum absolute atomic E-state index is 7.97. The predicted molar refractivity (Wildman–Crippen MR) is 117 cm³/mol.